The van der Waals surface area contributed by atoms with Crippen molar-refractivity contribution in [1.29, 1.82) is 0 Å². The third-order valence-corrected chi connectivity index (χ3v) is 5.84. The molecule has 0 aliphatic carbocycles. The first-order valence-corrected chi connectivity index (χ1v) is 10.5. The molecule has 0 unspecified atom stereocenters. The summed E-state index contributed by atoms with van der Waals surface area (Å²) in [6, 6.07) is 17.0. The van der Waals surface area contributed by atoms with E-state index in [1.54, 1.807) is 30.3 Å². The van der Waals surface area contributed by atoms with Gasteiger partial charge in [0, 0.05) is 5.56 Å². The molecule has 3 aromatic carbocycles. The Morgan fingerprint density at radius 2 is 1.70 bits per heavy atom. The topological polar surface area (TPSA) is 35.5 Å². The molecule has 3 nitrogen and oxygen atoms in total. The Balaban J connectivity index is 1.54. The molecule has 4 rings (SSSR count). The van der Waals surface area contributed by atoms with Gasteiger partial charge < -0.3 is 9.47 Å². The second-order valence-corrected chi connectivity index (χ2v) is 7.95. The van der Waals surface area contributed by atoms with Crippen LogP contribution in [0.5, 0.6) is 11.5 Å². The third kappa shape index (κ3) is 4.09. The fourth-order valence-electron chi connectivity index (χ4n) is 3.32. The van der Waals surface area contributed by atoms with Gasteiger partial charge in [-0.25, -0.2) is 0 Å². The Labute approximate surface area is 185 Å². The molecule has 0 N–H and O–H groups in total. The first-order chi connectivity index (χ1) is 14.5. The number of hydrogen-bond donors (Lipinski definition) is 0. The SMILES string of the molecule is CCc1ccc(/C=C2\Oc3c(ccc(OCc4ccc(Cl)c(Cl)c4)c3C)C2=O)cc1. The van der Waals surface area contributed by atoms with E-state index in [0.717, 1.165) is 23.1 Å². The summed E-state index contributed by atoms with van der Waals surface area (Å²) in [4.78, 5) is 12.8. The second-order valence-electron chi connectivity index (χ2n) is 7.14. The largest absolute Gasteiger partial charge is 0.488 e. The van der Waals surface area contributed by atoms with E-state index in [2.05, 4.69) is 19.1 Å². The standard InChI is InChI=1S/C25H20Cl2O3/c1-3-16-4-6-17(7-5-16)13-23-24(28)19-9-11-22(15(2)25(19)30-23)29-14-18-8-10-20(26)21(27)12-18/h4-13H,3,14H2,1-2H3/b23-13-. The van der Waals surface area contributed by atoms with Crippen LogP contribution in [0.2, 0.25) is 10.0 Å². The first kappa shape index (κ1) is 20.5. The Morgan fingerprint density at radius 3 is 2.40 bits per heavy atom. The fourth-order valence-corrected chi connectivity index (χ4v) is 3.64. The van der Waals surface area contributed by atoms with E-state index in [-0.39, 0.29) is 5.78 Å². The smallest absolute Gasteiger partial charge is 0.231 e. The van der Waals surface area contributed by atoms with Crippen LogP contribution in [-0.4, -0.2) is 5.78 Å². The van der Waals surface area contributed by atoms with Gasteiger partial charge >= 0.3 is 0 Å². The molecule has 30 heavy (non-hydrogen) atoms. The van der Waals surface area contributed by atoms with Gasteiger partial charge in [-0.15, -0.1) is 0 Å². The second kappa shape index (κ2) is 8.55. The van der Waals surface area contributed by atoms with Crippen molar-refractivity contribution in [2.45, 2.75) is 26.9 Å². The first-order valence-electron chi connectivity index (χ1n) is 9.69. The molecule has 0 atom stereocenters. The van der Waals surface area contributed by atoms with Crippen molar-refractivity contribution in [3.8, 4) is 11.5 Å². The van der Waals surface area contributed by atoms with Gasteiger partial charge in [-0.05, 0) is 60.4 Å². The Hall–Kier alpha value is -2.75. The number of hydrogen-bond acceptors (Lipinski definition) is 3. The summed E-state index contributed by atoms with van der Waals surface area (Å²) in [5, 5.41) is 0.990. The van der Waals surface area contributed by atoms with E-state index < -0.39 is 0 Å². The highest BCUT2D eigenvalue weighted by atomic mass is 35.5. The number of halogens is 2. The summed E-state index contributed by atoms with van der Waals surface area (Å²) < 4.78 is 11.9. The van der Waals surface area contributed by atoms with Crippen molar-refractivity contribution in [3.63, 3.8) is 0 Å². The molecule has 1 heterocycles. The summed E-state index contributed by atoms with van der Waals surface area (Å²) in [6.45, 7) is 4.32. The van der Waals surface area contributed by atoms with E-state index >= 15 is 0 Å². The lowest BCUT2D eigenvalue weighted by Gasteiger charge is -2.12. The van der Waals surface area contributed by atoms with Crippen LogP contribution in [0.1, 0.15) is 39.5 Å². The number of allylic oxidation sites excluding steroid dienone is 1. The van der Waals surface area contributed by atoms with Crippen LogP contribution >= 0.6 is 23.2 Å². The molecule has 0 spiro atoms. The van der Waals surface area contributed by atoms with Gasteiger partial charge in [0.1, 0.15) is 18.1 Å². The number of ether oxygens (including phenoxy) is 2. The minimum Gasteiger partial charge on any atom is -0.488 e. The zero-order chi connectivity index (χ0) is 21.3. The van der Waals surface area contributed by atoms with Crippen LogP contribution in [0.25, 0.3) is 6.08 Å². The lowest BCUT2D eigenvalue weighted by molar-refractivity contribution is 0.101. The lowest BCUT2D eigenvalue weighted by Crippen LogP contribution is -1.98. The maximum atomic E-state index is 12.8. The van der Waals surface area contributed by atoms with E-state index in [4.69, 9.17) is 32.7 Å². The quantitative estimate of drug-likeness (QED) is 0.399. The van der Waals surface area contributed by atoms with Crippen LogP contribution in [-0.2, 0) is 13.0 Å². The summed E-state index contributed by atoms with van der Waals surface area (Å²) in [7, 11) is 0. The molecule has 0 saturated carbocycles. The molecule has 0 bridgehead atoms. The minimum absolute atomic E-state index is 0.122. The normalized spacial score (nSPS) is 14.0. The van der Waals surface area contributed by atoms with Gasteiger partial charge in [0.05, 0.1) is 15.6 Å². The minimum atomic E-state index is -0.122. The Kier molecular flexibility index (Phi) is 5.85. The maximum absolute atomic E-state index is 12.8. The van der Waals surface area contributed by atoms with Crippen LogP contribution in [0.3, 0.4) is 0 Å². The average Bonchev–Trinajstić information content (AvgIpc) is 3.07. The number of benzene rings is 3. The predicted molar refractivity (Wildman–Crippen MR) is 121 cm³/mol. The van der Waals surface area contributed by atoms with E-state index in [1.165, 1.54) is 5.56 Å². The van der Waals surface area contributed by atoms with E-state index in [1.807, 2.05) is 25.1 Å². The zero-order valence-corrected chi connectivity index (χ0v) is 18.2. The van der Waals surface area contributed by atoms with Crippen molar-refractivity contribution in [1.82, 2.24) is 0 Å². The Bertz CT molecular complexity index is 1150. The summed E-state index contributed by atoms with van der Waals surface area (Å²) in [5.41, 5.74) is 4.41. The summed E-state index contributed by atoms with van der Waals surface area (Å²) in [6.07, 6.45) is 2.75. The molecule has 1 aliphatic heterocycles. The average molecular weight is 439 g/mol. The number of fused-ring (bicyclic) bond motifs is 1. The van der Waals surface area contributed by atoms with E-state index in [9.17, 15) is 4.79 Å². The highest BCUT2D eigenvalue weighted by molar-refractivity contribution is 6.42. The van der Waals surface area contributed by atoms with Crippen molar-refractivity contribution in [2.75, 3.05) is 0 Å². The number of carbonyl (C=O) groups excluding carboxylic acids is 1. The highest BCUT2D eigenvalue weighted by Crippen LogP contribution is 2.39. The van der Waals surface area contributed by atoms with Crippen molar-refractivity contribution in [2.24, 2.45) is 0 Å². The van der Waals surface area contributed by atoms with Crippen LogP contribution in [0, 0.1) is 6.92 Å². The molecule has 0 fully saturated rings. The Morgan fingerprint density at radius 1 is 0.967 bits per heavy atom. The molecule has 0 saturated heterocycles. The molecule has 0 aromatic heterocycles. The van der Waals surface area contributed by atoms with Crippen LogP contribution in [0.15, 0.2) is 60.4 Å². The van der Waals surface area contributed by atoms with Gasteiger partial charge in [0.15, 0.2) is 5.76 Å². The molecule has 3 aromatic rings. The summed E-state index contributed by atoms with van der Waals surface area (Å²) in [5.74, 6) is 1.40. The number of Topliss-reactive ketones (excluding diaryl/α,β-unsaturated/α-hetero) is 1. The van der Waals surface area contributed by atoms with Gasteiger partial charge in [0.25, 0.3) is 0 Å². The maximum Gasteiger partial charge on any atom is 0.231 e. The van der Waals surface area contributed by atoms with Crippen molar-refractivity contribution < 1.29 is 14.3 Å². The zero-order valence-electron chi connectivity index (χ0n) is 16.7. The number of rotatable bonds is 5. The monoisotopic (exact) mass is 438 g/mol. The molecule has 1 aliphatic rings. The van der Waals surface area contributed by atoms with Crippen molar-refractivity contribution >= 4 is 35.1 Å². The molecule has 0 radical (unpaired) electrons. The van der Waals surface area contributed by atoms with Gasteiger partial charge in [-0.3, -0.25) is 4.79 Å². The molecule has 0 amide bonds. The molecular weight excluding hydrogens is 419 g/mol. The lowest BCUT2D eigenvalue weighted by atomic mass is 10.0. The summed E-state index contributed by atoms with van der Waals surface area (Å²) >= 11 is 12.0. The molecule has 5 heteroatoms. The number of ketones is 1. The van der Waals surface area contributed by atoms with Gasteiger partial charge in [0.2, 0.25) is 5.78 Å². The van der Waals surface area contributed by atoms with Crippen molar-refractivity contribution in [3.05, 3.63) is 98.2 Å². The van der Waals surface area contributed by atoms with Crippen LogP contribution in [0.4, 0.5) is 0 Å². The van der Waals surface area contributed by atoms with Gasteiger partial charge in [-0.2, -0.15) is 0 Å². The predicted octanol–water partition coefficient (Wildman–Crippen LogP) is 7.06. The number of carbonyl (C=O) groups is 1. The van der Waals surface area contributed by atoms with Gasteiger partial charge in [-0.1, -0.05) is 60.5 Å². The third-order valence-electron chi connectivity index (χ3n) is 5.10. The van der Waals surface area contributed by atoms with Crippen LogP contribution < -0.4 is 9.47 Å². The molecule has 152 valence electrons. The highest BCUT2D eigenvalue weighted by Gasteiger charge is 2.30. The number of aryl methyl sites for hydroxylation is 1. The fraction of sp³-hybridized carbons (Fsp3) is 0.160. The molecular formula is C25H20Cl2O3. The van der Waals surface area contributed by atoms with E-state index in [0.29, 0.717) is 39.5 Å².